The van der Waals surface area contributed by atoms with Gasteiger partial charge in [-0.2, -0.15) is 13.2 Å². The Morgan fingerprint density at radius 3 is 2.52 bits per heavy atom. The summed E-state index contributed by atoms with van der Waals surface area (Å²) in [6.45, 7) is 0.179. The Morgan fingerprint density at radius 2 is 1.84 bits per heavy atom. The van der Waals surface area contributed by atoms with Gasteiger partial charge in [0.25, 0.3) is 0 Å². The first kappa shape index (κ1) is 16.7. The van der Waals surface area contributed by atoms with E-state index in [1.807, 2.05) is 0 Å². The lowest BCUT2D eigenvalue weighted by atomic mass is 10.1. The molecule has 2 heterocycles. The topological polar surface area (TPSA) is 93.2 Å². The monoisotopic (exact) mass is 352 g/mol. The van der Waals surface area contributed by atoms with Gasteiger partial charge in [-0.3, -0.25) is 9.59 Å². The molecule has 1 aliphatic heterocycles. The highest BCUT2D eigenvalue weighted by molar-refractivity contribution is 6.39. The average molecular weight is 352 g/mol. The number of rotatable bonds is 2. The van der Waals surface area contributed by atoms with E-state index in [0.29, 0.717) is 11.8 Å². The fourth-order valence-corrected chi connectivity index (χ4v) is 2.23. The number of para-hydroxylation sites is 1. The smallest absolute Gasteiger partial charge is 0.435 e. The molecular formula is C15H11F3N4O3. The predicted molar refractivity (Wildman–Crippen MR) is 78.5 cm³/mol. The molecule has 0 bridgehead atoms. The molecule has 130 valence electrons. The number of carbonyl (C=O) groups is 2. The minimum atomic E-state index is -4.64. The number of alkyl halides is 3. The zero-order valence-corrected chi connectivity index (χ0v) is 12.5. The van der Waals surface area contributed by atoms with Crippen molar-refractivity contribution in [3.63, 3.8) is 0 Å². The van der Waals surface area contributed by atoms with Crippen LogP contribution in [0.3, 0.4) is 0 Å². The molecule has 2 aromatic rings. The van der Waals surface area contributed by atoms with Crippen molar-refractivity contribution in [2.24, 2.45) is 0 Å². The summed E-state index contributed by atoms with van der Waals surface area (Å²) < 4.78 is 42.6. The number of benzene rings is 1. The van der Waals surface area contributed by atoms with E-state index in [9.17, 15) is 22.8 Å². The van der Waals surface area contributed by atoms with Crippen molar-refractivity contribution in [3.8, 4) is 5.75 Å². The average Bonchev–Trinajstić information content (AvgIpc) is 2.97. The SMILES string of the molecule is O=C(Nc1ccc(C(F)(F)F)nn1)C(=O)N[C@H]1COc2ccccc21. The first-order chi connectivity index (χ1) is 11.8. The Hall–Kier alpha value is -3.17. The number of fused-ring (bicyclic) bond motifs is 1. The molecule has 7 nitrogen and oxygen atoms in total. The van der Waals surface area contributed by atoms with Crippen LogP contribution in [0.4, 0.5) is 19.0 Å². The zero-order valence-electron chi connectivity index (χ0n) is 12.5. The Balaban J connectivity index is 1.61. The van der Waals surface area contributed by atoms with Gasteiger partial charge in [0, 0.05) is 5.56 Å². The number of hydrogen-bond donors (Lipinski definition) is 2. The molecule has 0 aliphatic carbocycles. The summed E-state index contributed by atoms with van der Waals surface area (Å²) in [5.41, 5.74) is -0.465. The number of anilines is 1. The van der Waals surface area contributed by atoms with Crippen LogP contribution in [0.25, 0.3) is 0 Å². The van der Waals surface area contributed by atoms with E-state index in [0.717, 1.165) is 11.6 Å². The van der Waals surface area contributed by atoms with Crippen LogP contribution < -0.4 is 15.4 Å². The normalized spacial score (nSPS) is 15.9. The summed E-state index contributed by atoms with van der Waals surface area (Å²) in [4.78, 5) is 23.8. The van der Waals surface area contributed by atoms with E-state index in [-0.39, 0.29) is 12.4 Å². The van der Waals surface area contributed by atoms with Crippen LogP contribution in [-0.2, 0) is 15.8 Å². The van der Waals surface area contributed by atoms with Crippen LogP contribution in [0.5, 0.6) is 5.75 Å². The van der Waals surface area contributed by atoms with Crippen molar-refractivity contribution in [2.75, 3.05) is 11.9 Å². The van der Waals surface area contributed by atoms with Gasteiger partial charge < -0.3 is 15.4 Å². The van der Waals surface area contributed by atoms with Crippen molar-refractivity contribution in [2.45, 2.75) is 12.2 Å². The third kappa shape index (κ3) is 3.67. The van der Waals surface area contributed by atoms with Crippen LogP contribution in [0.15, 0.2) is 36.4 Å². The summed E-state index contributed by atoms with van der Waals surface area (Å²) in [6, 6.07) is 8.11. The second-order valence-electron chi connectivity index (χ2n) is 5.13. The number of ether oxygens (including phenoxy) is 1. The standard InChI is InChI=1S/C15H11F3N4O3/c16-15(17,18)11-5-6-12(22-21-11)20-14(24)13(23)19-9-7-25-10-4-2-1-3-8(9)10/h1-6,9H,7H2,(H,19,23)(H,20,22,24)/t9-/m0/s1. The molecule has 10 heteroatoms. The van der Waals surface area contributed by atoms with Crippen molar-refractivity contribution in [1.29, 1.82) is 0 Å². The van der Waals surface area contributed by atoms with Crippen LogP contribution in [0.1, 0.15) is 17.3 Å². The second kappa shape index (κ2) is 6.38. The molecule has 1 aromatic carbocycles. The Labute approximate surface area is 139 Å². The van der Waals surface area contributed by atoms with E-state index in [2.05, 4.69) is 20.8 Å². The van der Waals surface area contributed by atoms with Crippen LogP contribution in [-0.4, -0.2) is 28.6 Å². The lowest BCUT2D eigenvalue weighted by Gasteiger charge is -2.11. The first-order valence-corrected chi connectivity index (χ1v) is 7.09. The lowest BCUT2D eigenvalue weighted by molar-refractivity contribution is -0.141. The number of halogens is 3. The minimum absolute atomic E-state index is 0.179. The highest BCUT2D eigenvalue weighted by atomic mass is 19.4. The summed E-state index contributed by atoms with van der Waals surface area (Å²) in [5, 5.41) is 10.8. The van der Waals surface area contributed by atoms with E-state index in [1.165, 1.54) is 0 Å². The van der Waals surface area contributed by atoms with Gasteiger partial charge in [-0.05, 0) is 18.2 Å². The zero-order chi connectivity index (χ0) is 18.0. The molecule has 3 rings (SSSR count). The molecule has 2 N–H and O–H groups in total. The fourth-order valence-electron chi connectivity index (χ4n) is 2.23. The molecule has 0 spiro atoms. The molecule has 0 saturated carbocycles. The summed E-state index contributed by atoms with van der Waals surface area (Å²) in [7, 11) is 0. The number of nitrogens with one attached hydrogen (secondary N) is 2. The predicted octanol–water partition coefficient (Wildman–Crippen LogP) is 1.68. The Kier molecular flexibility index (Phi) is 4.26. The van der Waals surface area contributed by atoms with E-state index < -0.39 is 29.7 Å². The molecule has 0 radical (unpaired) electrons. The van der Waals surface area contributed by atoms with Crippen molar-refractivity contribution < 1.29 is 27.5 Å². The quantitative estimate of drug-likeness (QED) is 0.803. The minimum Gasteiger partial charge on any atom is -0.491 e. The van der Waals surface area contributed by atoms with Gasteiger partial charge >= 0.3 is 18.0 Å². The largest absolute Gasteiger partial charge is 0.491 e. The summed E-state index contributed by atoms with van der Waals surface area (Å²) in [6.07, 6.45) is -4.64. The molecule has 0 saturated heterocycles. The van der Waals surface area contributed by atoms with Gasteiger partial charge in [-0.1, -0.05) is 18.2 Å². The number of carbonyl (C=O) groups excluding carboxylic acids is 2. The number of hydrogen-bond acceptors (Lipinski definition) is 5. The summed E-state index contributed by atoms with van der Waals surface area (Å²) in [5.74, 6) is -1.69. The van der Waals surface area contributed by atoms with Gasteiger partial charge in [0.15, 0.2) is 11.5 Å². The highest BCUT2D eigenvalue weighted by Crippen LogP contribution is 2.31. The van der Waals surface area contributed by atoms with Crippen LogP contribution >= 0.6 is 0 Å². The highest BCUT2D eigenvalue weighted by Gasteiger charge is 2.33. The third-order valence-corrected chi connectivity index (χ3v) is 3.41. The molecule has 0 unspecified atom stereocenters. The third-order valence-electron chi connectivity index (χ3n) is 3.41. The maximum atomic E-state index is 12.4. The van der Waals surface area contributed by atoms with E-state index in [1.54, 1.807) is 24.3 Å². The lowest BCUT2D eigenvalue weighted by Crippen LogP contribution is -2.38. The first-order valence-electron chi connectivity index (χ1n) is 7.09. The van der Waals surface area contributed by atoms with Crippen molar-refractivity contribution >= 4 is 17.6 Å². The van der Waals surface area contributed by atoms with Gasteiger partial charge in [0.1, 0.15) is 12.4 Å². The van der Waals surface area contributed by atoms with Gasteiger partial charge in [0.2, 0.25) is 0 Å². The number of nitrogens with zero attached hydrogens (tertiary/aromatic N) is 2. The molecular weight excluding hydrogens is 341 g/mol. The van der Waals surface area contributed by atoms with E-state index in [4.69, 9.17) is 4.74 Å². The Bertz CT molecular complexity index is 808. The molecule has 0 fully saturated rings. The molecule has 1 aromatic heterocycles. The Morgan fingerprint density at radius 1 is 1.08 bits per heavy atom. The van der Waals surface area contributed by atoms with Gasteiger partial charge in [0.05, 0.1) is 6.04 Å². The second-order valence-corrected chi connectivity index (χ2v) is 5.13. The van der Waals surface area contributed by atoms with E-state index >= 15 is 0 Å². The maximum absolute atomic E-state index is 12.4. The maximum Gasteiger partial charge on any atom is 0.435 e. The fraction of sp³-hybridized carbons (Fsp3) is 0.200. The molecule has 1 atom stereocenters. The number of aromatic nitrogens is 2. The van der Waals surface area contributed by atoms with Crippen molar-refractivity contribution in [1.82, 2.24) is 15.5 Å². The van der Waals surface area contributed by atoms with Crippen LogP contribution in [0, 0.1) is 0 Å². The van der Waals surface area contributed by atoms with Crippen LogP contribution in [0.2, 0.25) is 0 Å². The van der Waals surface area contributed by atoms with Gasteiger partial charge in [-0.15, -0.1) is 10.2 Å². The van der Waals surface area contributed by atoms with Gasteiger partial charge in [-0.25, -0.2) is 0 Å². The number of amides is 2. The molecule has 2 amide bonds. The summed E-state index contributed by atoms with van der Waals surface area (Å²) >= 11 is 0. The van der Waals surface area contributed by atoms with Crippen molar-refractivity contribution in [3.05, 3.63) is 47.7 Å². The molecule has 25 heavy (non-hydrogen) atoms. The molecule has 1 aliphatic rings.